The van der Waals surface area contributed by atoms with Gasteiger partial charge in [0.15, 0.2) is 0 Å². The highest BCUT2D eigenvalue weighted by molar-refractivity contribution is 9.10. The van der Waals surface area contributed by atoms with E-state index in [0.717, 1.165) is 58.3 Å². The second kappa shape index (κ2) is 13.1. The smallest absolute Gasteiger partial charge is 0.133 e. The van der Waals surface area contributed by atoms with Crippen LogP contribution in [0.1, 0.15) is 72.9 Å². The first kappa shape index (κ1) is 30.2. The second-order valence-electron chi connectivity index (χ2n) is 11.5. The molecule has 0 amide bonds. The van der Waals surface area contributed by atoms with E-state index in [2.05, 4.69) is 111 Å². The van der Waals surface area contributed by atoms with E-state index in [4.69, 9.17) is 0 Å². The summed E-state index contributed by atoms with van der Waals surface area (Å²) in [6, 6.07) is 14.8. The van der Waals surface area contributed by atoms with E-state index in [-0.39, 0.29) is 0 Å². The molecule has 4 nitrogen and oxygen atoms in total. The van der Waals surface area contributed by atoms with E-state index in [1.165, 1.54) is 16.7 Å². The fourth-order valence-corrected chi connectivity index (χ4v) is 5.77. The van der Waals surface area contributed by atoms with Gasteiger partial charge in [0.2, 0.25) is 0 Å². The molecule has 3 aromatic carbocycles. The number of aromatic hydroxyl groups is 2. The fourth-order valence-electron chi connectivity index (χ4n) is 5.15. The van der Waals surface area contributed by atoms with Crippen molar-refractivity contribution in [2.45, 2.75) is 66.3 Å². The third-order valence-corrected chi connectivity index (χ3v) is 7.82. The van der Waals surface area contributed by atoms with Crippen LogP contribution in [0.4, 0.5) is 0 Å². The summed E-state index contributed by atoms with van der Waals surface area (Å²) in [6.07, 6.45) is 0.729. The zero-order valence-corrected chi connectivity index (χ0v) is 26.0. The Morgan fingerprint density at radius 3 is 1.92 bits per heavy atom. The normalized spacial score (nSPS) is 11.9. The van der Waals surface area contributed by atoms with Crippen molar-refractivity contribution in [3.8, 4) is 22.6 Å². The molecule has 0 aliphatic rings. The van der Waals surface area contributed by atoms with Gasteiger partial charge in [0.1, 0.15) is 11.5 Å². The van der Waals surface area contributed by atoms with Crippen molar-refractivity contribution in [2.75, 3.05) is 33.7 Å². The third kappa shape index (κ3) is 7.40. The molecule has 5 heteroatoms. The largest absolute Gasteiger partial charge is 0.507 e. The highest BCUT2D eigenvalue weighted by Gasteiger charge is 2.21. The minimum atomic E-state index is 0.315. The lowest BCUT2D eigenvalue weighted by Gasteiger charge is -2.26. The van der Waals surface area contributed by atoms with Crippen molar-refractivity contribution in [1.29, 1.82) is 0 Å². The molecule has 0 saturated heterocycles. The Kier molecular flexibility index (Phi) is 10.4. The van der Waals surface area contributed by atoms with Gasteiger partial charge in [-0.3, -0.25) is 4.90 Å². The van der Waals surface area contributed by atoms with Gasteiger partial charge in [-0.05, 0) is 108 Å². The molecule has 0 aliphatic carbocycles. The van der Waals surface area contributed by atoms with Gasteiger partial charge < -0.3 is 15.1 Å². The third-order valence-electron chi connectivity index (χ3n) is 7.22. The molecule has 0 radical (unpaired) electrons. The predicted octanol–water partition coefficient (Wildman–Crippen LogP) is 8.00. The Labute approximate surface area is 238 Å². The van der Waals surface area contributed by atoms with Crippen molar-refractivity contribution in [1.82, 2.24) is 9.80 Å². The van der Waals surface area contributed by atoms with E-state index in [9.17, 15) is 10.2 Å². The number of phenols is 2. The summed E-state index contributed by atoms with van der Waals surface area (Å²) < 4.78 is 0.734. The van der Waals surface area contributed by atoms with Gasteiger partial charge in [-0.2, -0.15) is 0 Å². The van der Waals surface area contributed by atoms with Crippen LogP contribution in [0.3, 0.4) is 0 Å². The molecule has 38 heavy (non-hydrogen) atoms. The predicted molar refractivity (Wildman–Crippen MR) is 165 cm³/mol. The Morgan fingerprint density at radius 2 is 1.34 bits per heavy atom. The van der Waals surface area contributed by atoms with E-state index < -0.39 is 0 Å². The van der Waals surface area contributed by atoms with E-state index >= 15 is 0 Å². The fraction of sp³-hybridized carbons (Fsp3) is 0.455. The number of halogens is 1. The summed E-state index contributed by atoms with van der Waals surface area (Å²) in [7, 11) is 4.17. The Balaban J connectivity index is 2.01. The molecule has 2 N–H and O–H groups in total. The molecule has 0 spiro atoms. The highest BCUT2D eigenvalue weighted by Crippen LogP contribution is 2.42. The summed E-state index contributed by atoms with van der Waals surface area (Å²) in [5, 5.41) is 22.3. The summed E-state index contributed by atoms with van der Waals surface area (Å²) in [5.41, 5.74) is 8.80. The van der Waals surface area contributed by atoms with Crippen molar-refractivity contribution in [2.24, 2.45) is 0 Å². The number of hydrogen-bond donors (Lipinski definition) is 2. The van der Waals surface area contributed by atoms with Gasteiger partial charge in [-0.1, -0.05) is 58.0 Å². The zero-order valence-electron chi connectivity index (χ0n) is 24.4. The van der Waals surface area contributed by atoms with Crippen LogP contribution in [-0.2, 0) is 13.0 Å². The number of rotatable bonds is 11. The zero-order chi connectivity index (χ0) is 28.1. The van der Waals surface area contributed by atoms with Crippen LogP contribution in [0.15, 0.2) is 46.9 Å². The van der Waals surface area contributed by atoms with E-state index in [0.29, 0.717) is 29.9 Å². The first-order valence-corrected chi connectivity index (χ1v) is 14.5. The lowest BCUT2D eigenvalue weighted by atomic mass is 9.83. The number of aryl methyl sites for hydroxylation is 2. The standard InChI is InChI=1S/C33H45BrN2O2/c1-21(2)27-10-9-11-28(22(3)4)31(27)29-18-23(5)17-26(32(29)37)20-36(15-14-35(7)8)13-12-25-16-24(6)19-30(34)33(25)38/h9-11,16-19,21-22,37-38H,12-15,20H2,1-8H3. The number of phenolic OH excluding ortho intramolecular Hbond substituents is 2. The lowest BCUT2D eigenvalue weighted by Crippen LogP contribution is -2.33. The molecule has 0 unspecified atom stereocenters. The lowest BCUT2D eigenvalue weighted by molar-refractivity contribution is 0.233. The molecule has 3 rings (SSSR count). The summed E-state index contributed by atoms with van der Waals surface area (Å²) >= 11 is 3.48. The van der Waals surface area contributed by atoms with Crippen LogP contribution in [0.5, 0.6) is 11.5 Å². The Bertz CT molecular complexity index is 1220. The quantitative estimate of drug-likeness (QED) is 0.241. The molecular formula is C33H45BrN2O2. The van der Waals surface area contributed by atoms with Gasteiger partial charge in [0, 0.05) is 37.3 Å². The first-order chi connectivity index (χ1) is 17.9. The SMILES string of the molecule is Cc1cc(Br)c(O)c(CCN(CCN(C)C)Cc2cc(C)cc(-c3c(C(C)C)cccc3C(C)C)c2O)c1. The number of hydrogen-bond acceptors (Lipinski definition) is 4. The molecule has 0 heterocycles. The Hall–Kier alpha value is -2.34. The van der Waals surface area contributed by atoms with Crippen LogP contribution < -0.4 is 0 Å². The average molecular weight is 582 g/mol. The van der Waals surface area contributed by atoms with E-state index in [1.807, 2.05) is 13.0 Å². The molecule has 3 aromatic rings. The van der Waals surface area contributed by atoms with Crippen LogP contribution in [-0.4, -0.2) is 53.7 Å². The summed E-state index contributed by atoms with van der Waals surface area (Å²) in [4.78, 5) is 4.56. The molecule has 0 bridgehead atoms. The maximum atomic E-state index is 11.7. The van der Waals surface area contributed by atoms with Crippen LogP contribution in [0.2, 0.25) is 0 Å². The highest BCUT2D eigenvalue weighted by atomic mass is 79.9. The van der Waals surface area contributed by atoms with Gasteiger partial charge in [-0.25, -0.2) is 0 Å². The van der Waals surface area contributed by atoms with Crippen LogP contribution in [0, 0.1) is 13.8 Å². The van der Waals surface area contributed by atoms with Gasteiger partial charge in [-0.15, -0.1) is 0 Å². The van der Waals surface area contributed by atoms with Gasteiger partial charge in [0.25, 0.3) is 0 Å². The molecule has 0 fully saturated rings. The van der Waals surface area contributed by atoms with E-state index in [1.54, 1.807) is 0 Å². The second-order valence-corrected chi connectivity index (χ2v) is 12.4. The molecule has 0 saturated carbocycles. The molecule has 0 aromatic heterocycles. The average Bonchev–Trinajstić information content (AvgIpc) is 2.84. The summed E-state index contributed by atoms with van der Waals surface area (Å²) in [6.45, 7) is 16.2. The van der Waals surface area contributed by atoms with Gasteiger partial charge in [0.05, 0.1) is 4.47 Å². The van der Waals surface area contributed by atoms with Crippen LogP contribution >= 0.6 is 15.9 Å². The topological polar surface area (TPSA) is 46.9 Å². The Morgan fingerprint density at radius 1 is 0.763 bits per heavy atom. The maximum absolute atomic E-state index is 11.7. The molecular weight excluding hydrogens is 536 g/mol. The molecule has 0 aliphatic heterocycles. The number of benzene rings is 3. The number of likely N-dealkylation sites (N-methyl/N-ethyl adjacent to an activating group) is 1. The number of nitrogens with zero attached hydrogens (tertiary/aromatic N) is 2. The molecule has 206 valence electrons. The van der Waals surface area contributed by atoms with Crippen LogP contribution in [0.25, 0.3) is 11.1 Å². The van der Waals surface area contributed by atoms with Crippen molar-refractivity contribution >= 4 is 15.9 Å². The minimum absolute atomic E-state index is 0.315. The van der Waals surface area contributed by atoms with Crippen molar-refractivity contribution in [3.05, 3.63) is 80.3 Å². The van der Waals surface area contributed by atoms with Gasteiger partial charge >= 0.3 is 0 Å². The van der Waals surface area contributed by atoms with Crippen molar-refractivity contribution in [3.63, 3.8) is 0 Å². The van der Waals surface area contributed by atoms with Crippen molar-refractivity contribution < 1.29 is 10.2 Å². The summed E-state index contributed by atoms with van der Waals surface area (Å²) in [5.74, 6) is 1.40. The monoisotopic (exact) mass is 580 g/mol. The maximum Gasteiger partial charge on any atom is 0.133 e. The first-order valence-electron chi connectivity index (χ1n) is 13.7. The molecule has 0 atom stereocenters. The minimum Gasteiger partial charge on any atom is -0.507 e.